The summed E-state index contributed by atoms with van der Waals surface area (Å²) in [5.41, 5.74) is 0.889. The molecule has 3 rings (SSSR count). The standard InChI is InChI=1S/C19H16ClNO5/c1-25-14-8-7-11(9-15(14)26-2)16-17(22)19(24)21(18(16)23)10-12-5-3-4-6-13(12)20/h3-9,22H,10H2,1-2H3. The normalized spacial score (nSPS) is 14.2. The van der Waals surface area contributed by atoms with Crippen molar-refractivity contribution in [2.75, 3.05) is 14.2 Å². The summed E-state index contributed by atoms with van der Waals surface area (Å²) >= 11 is 6.11. The third-order valence-electron chi connectivity index (χ3n) is 4.10. The van der Waals surface area contributed by atoms with Crippen LogP contribution in [0.4, 0.5) is 0 Å². The summed E-state index contributed by atoms with van der Waals surface area (Å²) in [6.45, 7) is -0.0296. The largest absolute Gasteiger partial charge is 0.502 e. The molecule has 2 aromatic carbocycles. The van der Waals surface area contributed by atoms with E-state index >= 15 is 0 Å². The first kappa shape index (κ1) is 17.8. The second-order valence-electron chi connectivity index (χ2n) is 5.58. The Morgan fingerprint density at radius 3 is 2.35 bits per heavy atom. The van der Waals surface area contributed by atoms with Gasteiger partial charge >= 0.3 is 0 Å². The Kier molecular flexibility index (Phi) is 4.86. The number of benzene rings is 2. The van der Waals surface area contributed by atoms with Gasteiger partial charge in [0.15, 0.2) is 17.3 Å². The van der Waals surface area contributed by atoms with E-state index < -0.39 is 17.6 Å². The molecular weight excluding hydrogens is 358 g/mol. The minimum Gasteiger partial charge on any atom is -0.502 e. The van der Waals surface area contributed by atoms with Gasteiger partial charge in [-0.15, -0.1) is 0 Å². The topological polar surface area (TPSA) is 76.1 Å². The van der Waals surface area contributed by atoms with Gasteiger partial charge in [0, 0.05) is 5.02 Å². The molecule has 0 radical (unpaired) electrons. The number of rotatable bonds is 5. The number of ether oxygens (including phenoxy) is 2. The summed E-state index contributed by atoms with van der Waals surface area (Å²) in [5.74, 6) is -1.11. The van der Waals surface area contributed by atoms with E-state index in [9.17, 15) is 14.7 Å². The second-order valence-corrected chi connectivity index (χ2v) is 5.99. The minimum absolute atomic E-state index is 0.0296. The predicted molar refractivity (Wildman–Crippen MR) is 96.1 cm³/mol. The van der Waals surface area contributed by atoms with Gasteiger partial charge in [-0.25, -0.2) is 0 Å². The lowest BCUT2D eigenvalue weighted by atomic mass is 10.0. The van der Waals surface area contributed by atoms with Gasteiger partial charge in [-0.2, -0.15) is 0 Å². The molecule has 134 valence electrons. The molecule has 0 saturated heterocycles. The Hall–Kier alpha value is -2.99. The maximum absolute atomic E-state index is 12.8. The van der Waals surface area contributed by atoms with Crippen LogP contribution < -0.4 is 9.47 Å². The highest BCUT2D eigenvalue weighted by atomic mass is 35.5. The van der Waals surface area contributed by atoms with Crippen LogP contribution in [0, 0.1) is 0 Å². The number of nitrogens with zero attached hydrogens (tertiary/aromatic N) is 1. The average Bonchev–Trinajstić information content (AvgIpc) is 2.86. The molecule has 0 bridgehead atoms. The number of hydrogen-bond donors (Lipinski definition) is 1. The summed E-state index contributed by atoms with van der Waals surface area (Å²) in [4.78, 5) is 26.1. The Balaban J connectivity index is 1.96. The fourth-order valence-electron chi connectivity index (χ4n) is 2.76. The fourth-order valence-corrected chi connectivity index (χ4v) is 2.95. The zero-order valence-electron chi connectivity index (χ0n) is 14.2. The van der Waals surface area contributed by atoms with Crippen molar-refractivity contribution in [1.82, 2.24) is 4.90 Å². The van der Waals surface area contributed by atoms with E-state index in [2.05, 4.69) is 0 Å². The maximum atomic E-state index is 12.8. The van der Waals surface area contributed by atoms with Gasteiger partial charge in [0.2, 0.25) is 0 Å². The van der Waals surface area contributed by atoms with Gasteiger partial charge in [0.1, 0.15) is 0 Å². The molecule has 0 atom stereocenters. The van der Waals surface area contributed by atoms with Crippen molar-refractivity contribution in [3.63, 3.8) is 0 Å². The van der Waals surface area contributed by atoms with Gasteiger partial charge in [-0.05, 0) is 29.3 Å². The first-order chi connectivity index (χ1) is 12.5. The Morgan fingerprint density at radius 1 is 1.00 bits per heavy atom. The van der Waals surface area contributed by atoms with E-state index in [0.29, 0.717) is 27.6 Å². The van der Waals surface area contributed by atoms with Crippen LogP contribution in [0.5, 0.6) is 11.5 Å². The highest BCUT2D eigenvalue weighted by Gasteiger charge is 2.39. The summed E-state index contributed by atoms with van der Waals surface area (Å²) < 4.78 is 10.4. The van der Waals surface area contributed by atoms with Crippen molar-refractivity contribution in [3.05, 3.63) is 64.4 Å². The predicted octanol–water partition coefficient (Wildman–Crippen LogP) is 3.20. The third-order valence-corrected chi connectivity index (χ3v) is 4.47. The second kappa shape index (κ2) is 7.09. The van der Waals surface area contributed by atoms with E-state index in [4.69, 9.17) is 21.1 Å². The number of aliphatic hydroxyl groups is 1. The molecule has 7 heteroatoms. The molecule has 2 amide bonds. The Bertz CT molecular complexity index is 922. The molecule has 1 aliphatic heterocycles. The van der Waals surface area contributed by atoms with Crippen LogP contribution in [0.3, 0.4) is 0 Å². The highest BCUT2D eigenvalue weighted by Crippen LogP contribution is 2.35. The van der Waals surface area contributed by atoms with E-state index in [0.717, 1.165) is 4.90 Å². The molecule has 2 aromatic rings. The van der Waals surface area contributed by atoms with Crippen molar-refractivity contribution in [2.24, 2.45) is 0 Å². The Labute approximate surface area is 155 Å². The summed E-state index contributed by atoms with van der Waals surface area (Å²) in [7, 11) is 2.95. The van der Waals surface area contributed by atoms with Crippen LogP contribution in [0.15, 0.2) is 48.2 Å². The van der Waals surface area contributed by atoms with Crippen LogP contribution in [0.25, 0.3) is 5.57 Å². The van der Waals surface area contributed by atoms with E-state index in [1.165, 1.54) is 20.3 Å². The molecular formula is C19H16ClNO5. The average molecular weight is 374 g/mol. The molecule has 1 heterocycles. The molecule has 1 aliphatic rings. The lowest BCUT2D eigenvalue weighted by Gasteiger charge is -2.15. The quantitative estimate of drug-likeness (QED) is 0.814. The van der Waals surface area contributed by atoms with Crippen LogP contribution >= 0.6 is 11.6 Å². The lowest BCUT2D eigenvalue weighted by molar-refractivity contribution is -0.138. The van der Waals surface area contributed by atoms with E-state index in [1.807, 2.05) is 0 Å². The van der Waals surface area contributed by atoms with Crippen LogP contribution in [-0.4, -0.2) is 36.0 Å². The number of hydrogen-bond acceptors (Lipinski definition) is 5. The number of carbonyl (C=O) groups excluding carboxylic acids is 2. The van der Waals surface area contributed by atoms with Crippen molar-refractivity contribution >= 4 is 29.0 Å². The van der Waals surface area contributed by atoms with Crippen molar-refractivity contribution in [2.45, 2.75) is 6.54 Å². The molecule has 0 aliphatic carbocycles. The van der Waals surface area contributed by atoms with E-state index in [1.54, 1.807) is 36.4 Å². The fraction of sp³-hybridized carbons (Fsp3) is 0.158. The van der Waals surface area contributed by atoms with Crippen molar-refractivity contribution in [1.29, 1.82) is 0 Å². The first-order valence-electron chi connectivity index (χ1n) is 7.73. The van der Waals surface area contributed by atoms with Gasteiger partial charge in [0.05, 0.1) is 26.3 Å². The number of amides is 2. The van der Waals surface area contributed by atoms with Crippen molar-refractivity contribution in [3.8, 4) is 11.5 Å². The van der Waals surface area contributed by atoms with Crippen molar-refractivity contribution < 1.29 is 24.2 Å². The van der Waals surface area contributed by atoms with Crippen LogP contribution in [0.2, 0.25) is 5.02 Å². The zero-order valence-corrected chi connectivity index (χ0v) is 14.9. The molecule has 6 nitrogen and oxygen atoms in total. The Morgan fingerprint density at radius 2 is 1.69 bits per heavy atom. The van der Waals surface area contributed by atoms with Gasteiger partial charge in [-0.1, -0.05) is 35.9 Å². The maximum Gasteiger partial charge on any atom is 0.296 e. The highest BCUT2D eigenvalue weighted by molar-refractivity contribution is 6.35. The first-order valence-corrected chi connectivity index (χ1v) is 8.11. The van der Waals surface area contributed by atoms with Crippen LogP contribution in [0.1, 0.15) is 11.1 Å². The molecule has 0 aromatic heterocycles. The van der Waals surface area contributed by atoms with Gasteiger partial charge in [-0.3, -0.25) is 14.5 Å². The third kappa shape index (κ3) is 2.99. The SMILES string of the molecule is COc1ccc(C2=C(O)C(=O)N(Cc3ccccc3Cl)C2=O)cc1OC. The molecule has 0 unspecified atom stereocenters. The molecule has 0 spiro atoms. The number of methoxy groups -OCH3 is 2. The number of carbonyl (C=O) groups is 2. The molecule has 26 heavy (non-hydrogen) atoms. The smallest absolute Gasteiger partial charge is 0.296 e. The van der Waals surface area contributed by atoms with Gasteiger partial charge < -0.3 is 14.6 Å². The lowest BCUT2D eigenvalue weighted by Crippen LogP contribution is -2.31. The molecule has 0 saturated carbocycles. The van der Waals surface area contributed by atoms with Gasteiger partial charge in [0.25, 0.3) is 11.8 Å². The van der Waals surface area contributed by atoms with Crippen LogP contribution in [-0.2, 0) is 16.1 Å². The number of aliphatic hydroxyl groups excluding tert-OH is 1. The molecule has 1 N–H and O–H groups in total. The number of halogens is 1. The minimum atomic E-state index is -0.764. The zero-order chi connectivity index (χ0) is 18.8. The summed E-state index contributed by atoms with van der Waals surface area (Å²) in [5, 5.41) is 10.7. The summed E-state index contributed by atoms with van der Waals surface area (Å²) in [6, 6.07) is 11.6. The summed E-state index contributed by atoms with van der Waals surface area (Å²) in [6.07, 6.45) is 0. The number of imide groups is 1. The van der Waals surface area contributed by atoms with E-state index in [-0.39, 0.29) is 12.1 Å². The molecule has 0 fully saturated rings. The monoisotopic (exact) mass is 373 g/mol.